The Labute approximate surface area is 181 Å². The molecule has 30 heavy (non-hydrogen) atoms. The van der Waals surface area contributed by atoms with Crippen LogP contribution in [0.5, 0.6) is 5.75 Å². The lowest BCUT2D eigenvalue weighted by molar-refractivity contribution is 0.0505. The summed E-state index contributed by atoms with van der Waals surface area (Å²) >= 11 is 6.04. The van der Waals surface area contributed by atoms with E-state index < -0.39 is 0 Å². The molecule has 1 fully saturated rings. The van der Waals surface area contributed by atoms with E-state index in [-0.39, 0.29) is 17.9 Å². The Bertz CT molecular complexity index is 1020. The highest BCUT2D eigenvalue weighted by Gasteiger charge is 2.31. The number of amides is 1. The normalized spacial score (nSPS) is 19.0. The van der Waals surface area contributed by atoms with Gasteiger partial charge in [0.2, 0.25) is 0 Å². The van der Waals surface area contributed by atoms with E-state index in [9.17, 15) is 4.79 Å². The van der Waals surface area contributed by atoms with Crippen LogP contribution in [0.15, 0.2) is 54.9 Å². The Balaban J connectivity index is 1.51. The van der Waals surface area contributed by atoms with Crippen molar-refractivity contribution in [3.63, 3.8) is 0 Å². The Morgan fingerprint density at radius 2 is 1.97 bits per heavy atom. The fourth-order valence-corrected chi connectivity index (χ4v) is 4.04. The second-order valence-corrected chi connectivity index (χ2v) is 8.29. The SMILES string of the molecule is Cc1ccc(-n2nccn2)c(C(=O)N2C[C@@H](COc3cccc(Cl)c3)CC[C@H]2C)c1. The van der Waals surface area contributed by atoms with Crippen molar-refractivity contribution >= 4 is 17.5 Å². The third-order valence-electron chi connectivity index (χ3n) is 5.54. The molecule has 3 aromatic rings. The van der Waals surface area contributed by atoms with Gasteiger partial charge in [0, 0.05) is 23.5 Å². The van der Waals surface area contributed by atoms with E-state index >= 15 is 0 Å². The van der Waals surface area contributed by atoms with Crippen LogP contribution >= 0.6 is 11.6 Å². The minimum Gasteiger partial charge on any atom is -0.493 e. The van der Waals surface area contributed by atoms with Gasteiger partial charge in [-0.25, -0.2) is 0 Å². The Hall–Kier alpha value is -2.86. The highest BCUT2D eigenvalue weighted by Crippen LogP contribution is 2.27. The van der Waals surface area contributed by atoms with Gasteiger partial charge >= 0.3 is 0 Å². The highest BCUT2D eigenvalue weighted by atomic mass is 35.5. The first-order chi connectivity index (χ1) is 14.5. The Morgan fingerprint density at radius 3 is 2.73 bits per heavy atom. The molecule has 1 aromatic heterocycles. The molecule has 0 radical (unpaired) electrons. The average molecular weight is 425 g/mol. The fourth-order valence-electron chi connectivity index (χ4n) is 3.86. The van der Waals surface area contributed by atoms with Crippen LogP contribution in [0.1, 0.15) is 35.7 Å². The maximum Gasteiger partial charge on any atom is 0.256 e. The summed E-state index contributed by atoms with van der Waals surface area (Å²) < 4.78 is 5.95. The third-order valence-corrected chi connectivity index (χ3v) is 5.77. The zero-order chi connectivity index (χ0) is 21.1. The number of ether oxygens (including phenoxy) is 1. The lowest BCUT2D eigenvalue weighted by Gasteiger charge is -2.38. The molecule has 1 aliphatic heterocycles. The summed E-state index contributed by atoms with van der Waals surface area (Å²) in [6.45, 7) is 5.30. The standard InChI is InChI=1S/C23H25ClN4O2/c1-16-6-9-22(28-25-10-11-26-28)21(12-16)23(29)27-14-18(8-7-17(27)2)15-30-20-5-3-4-19(24)13-20/h3-6,9-13,17-18H,7-8,14-15H2,1-2H3/t17-,18+/m1/s1. The van der Waals surface area contributed by atoms with Crippen molar-refractivity contribution < 1.29 is 9.53 Å². The number of carbonyl (C=O) groups excluding carboxylic acids is 1. The van der Waals surface area contributed by atoms with Crippen molar-refractivity contribution in [2.75, 3.05) is 13.2 Å². The van der Waals surface area contributed by atoms with Crippen LogP contribution in [0.2, 0.25) is 5.02 Å². The Morgan fingerprint density at radius 1 is 1.17 bits per heavy atom. The zero-order valence-corrected chi connectivity index (χ0v) is 17.9. The van der Waals surface area contributed by atoms with Crippen molar-refractivity contribution in [2.24, 2.45) is 5.92 Å². The van der Waals surface area contributed by atoms with E-state index in [1.165, 1.54) is 4.80 Å². The number of halogens is 1. The van der Waals surface area contributed by atoms with Gasteiger partial charge in [0.15, 0.2) is 0 Å². The summed E-state index contributed by atoms with van der Waals surface area (Å²) in [7, 11) is 0. The molecule has 4 rings (SSSR count). The summed E-state index contributed by atoms with van der Waals surface area (Å²) in [5.41, 5.74) is 2.34. The van der Waals surface area contributed by atoms with E-state index in [4.69, 9.17) is 16.3 Å². The van der Waals surface area contributed by atoms with Gasteiger partial charge in [-0.1, -0.05) is 29.3 Å². The highest BCUT2D eigenvalue weighted by molar-refractivity contribution is 6.30. The molecule has 2 heterocycles. The molecule has 2 aromatic carbocycles. The van der Waals surface area contributed by atoms with E-state index in [0.717, 1.165) is 24.2 Å². The predicted octanol–water partition coefficient (Wildman–Crippen LogP) is 4.55. The van der Waals surface area contributed by atoms with Gasteiger partial charge in [0.1, 0.15) is 5.75 Å². The molecule has 7 heteroatoms. The lowest BCUT2D eigenvalue weighted by Crippen LogP contribution is -2.47. The monoisotopic (exact) mass is 424 g/mol. The van der Waals surface area contributed by atoms with E-state index in [1.807, 2.05) is 54.3 Å². The third kappa shape index (κ3) is 4.49. The number of piperidine rings is 1. The molecular formula is C23H25ClN4O2. The summed E-state index contributed by atoms with van der Waals surface area (Å²) in [5, 5.41) is 9.08. The number of hydrogen-bond donors (Lipinski definition) is 0. The van der Waals surface area contributed by atoms with Gasteiger partial charge in [-0.15, -0.1) is 0 Å². The first kappa shape index (κ1) is 20.4. The summed E-state index contributed by atoms with van der Waals surface area (Å²) in [6.07, 6.45) is 5.19. The average Bonchev–Trinajstić information content (AvgIpc) is 3.27. The second-order valence-electron chi connectivity index (χ2n) is 7.86. The van der Waals surface area contributed by atoms with Crippen molar-refractivity contribution in [2.45, 2.75) is 32.7 Å². The van der Waals surface area contributed by atoms with Crippen LogP contribution in [0.4, 0.5) is 0 Å². The number of likely N-dealkylation sites (tertiary alicyclic amines) is 1. The van der Waals surface area contributed by atoms with Crippen LogP contribution < -0.4 is 4.74 Å². The van der Waals surface area contributed by atoms with Crippen molar-refractivity contribution in [1.29, 1.82) is 0 Å². The van der Waals surface area contributed by atoms with Crippen LogP contribution in [-0.4, -0.2) is 45.0 Å². The molecule has 1 saturated heterocycles. The van der Waals surface area contributed by atoms with Crippen molar-refractivity contribution in [3.8, 4) is 11.4 Å². The molecule has 0 aliphatic carbocycles. The minimum absolute atomic E-state index is 0.00551. The predicted molar refractivity (Wildman–Crippen MR) is 116 cm³/mol. The van der Waals surface area contributed by atoms with Gasteiger partial charge in [-0.05, 0) is 57.0 Å². The summed E-state index contributed by atoms with van der Waals surface area (Å²) in [6, 6.07) is 13.4. The van der Waals surface area contributed by atoms with E-state index in [0.29, 0.717) is 29.4 Å². The quantitative estimate of drug-likeness (QED) is 0.602. The van der Waals surface area contributed by atoms with Gasteiger partial charge in [-0.2, -0.15) is 15.0 Å². The van der Waals surface area contributed by atoms with Gasteiger partial charge in [-0.3, -0.25) is 4.79 Å². The topological polar surface area (TPSA) is 60.2 Å². The first-order valence-corrected chi connectivity index (χ1v) is 10.6. The first-order valence-electron chi connectivity index (χ1n) is 10.2. The maximum atomic E-state index is 13.5. The molecule has 156 valence electrons. The number of hydrogen-bond acceptors (Lipinski definition) is 4. The zero-order valence-electron chi connectivity index (χ0n) is 17.2. The largest absolute Gasteiger partial charge is 0.493 e. The summed E-state index contributed by atoms with van der Waals surface area (Å²) in [5.74, 6) is 1.02. The number of nitrogens with zero attached hydrogens (tertiary/aromatic N) is 4. The smallest absolute Gasteiger partial charge is 0.256 e. The minimum atomic E-state index is 0.00551. The van der Waals surface area contributed by atoms with Crippen molar-refractivity contribution in [3.05, 3.63) is 71.0 Å². The van der Waals surface area contributed by atoms with Gasteiger partial charge in [0.05, 0.1) is 30.3 Å². The number of carbonyl (C=O) groups is 1. The number of aromatic nitrogens is 3. The number of rotatable bonds is 5. The molecule has 6 nitrogen and oxygen atoms in total. The van der Waals surface area contributed by atoms with Crippen LogP contribution in [0, 0.1) is 12.8 Å². The summed E-state index contributed by atoms with van der Waals surface area (Å²) in [4.78, 5) is 17.0. The molecule has 1 amide bonds. The molecule has 0 spiro atoms. The maximum absolute atomic E-state index is 13.5. The number of benzene rings is 2. The number of aryl methyl sites for hydroxylation is 1. The molecule has 1 aliphatic rings. The second kappa shape index (κ2) is 8.88. The van der Waals surface area contributed by atoms with E-state index in [2.05, 4.69) is 17.1 Å². The van der Waals surface area contributed by atoms with Gasteiger partial charge < -0.3 is 9.64 Å². The van der Waals surface area contributed by atoms with Crippen LogP contribution in [0.25, 0.3) is 5.69 Å². The molecule has 2 atom stereocenters. The molecule has 0 bridgehead atoms. The van der Waals surface area contributed by atoms with Gasteiger partial charge in [0.25, 0.3) is 5.91 Å². The molecular weight excluding hydrogens is 400 g/mol. The Kier molecular flexibility index (Phi) is 6.04. The lowest BCUT2D eigenvalue weighted by atomic mass is 9.93. The van der Waals surface area contributed by atoms with Crippen LogP contribution in [-0.2, 0) is 0 Å². The van der Waals surface area contributed by atoms with Crippen LogP contribution in [0.3, 0.4) is 0 Å². The fraction of sp³-hybridized carbons (Fsp3) is 0.348. The van der Waals surface area contributed by atoms with E-state index in [1.54, 1.807) is 12.4 Å². The van der Waals surface area contributed by atoms with Crippen molar-refractivity contribution in [1.82, 2.24) is 19.9 Å². The molecule has 0 N–H and O–H groups in total. The molecule has 0 saturated carbocycles. The molecule has 0 unspecified atom stereocenters.